The minimum atomic E-state index is -1.56. The summed E-state index contributed by atoms with van der Waals surface area (Å²) in [5, 5.41) is 22.8. The smallest absolute Gasteiger partial charge is 0.334 e. The number of carbonyl (C=O) groups is 2. The number of ether oxygens (including phenoxy) is 1. The van der Waals surface area contributed by atoms with E-state index in [-0.39, 0.29) is 24.9 Å². The first-order chi connectivity index (χ1) is 7.59. The molecule has 0 aliphatic carbocycles. The van der Waals surface area contributed by atoms with Gasteiger partial charge in [-0.15, -0.1) is 0 Å². The lowest BCUT2D eigenvalue weighted by Crippen LogP contribution is -2.45. The summed E-state index contributed by atoms with van der Waals surface area (Å²) in [5.41, 5.74) is 0. The number of nitrogens with one attached hydrogen (secondary N) is 2. The van der Waals surface area contributed by atoms with Gasteiger partial charge in [0.05, 0.1) is 19.8 Å². The zero-order chi connectivity index (χ0) is 12.0. The Morgan fingerprint density at radius 1 is 1.56 bits per heavy atom. The van der Waals surface area contributed by atoms with Gasteiger partial charge in [0.1, 0.15) is 0 Å². The van der Waals surface area contributed by atoms with Crippen LogP contribution in [-0.2, 0) is 14.3 Å². The molecule has 1 saturated heterocycles. The molecule has 0 aromatic rings. The molecule has 1 aliphatic heterocycles. The minimum Gasteiger partial charge on any atom is -0.479 e. The monoisotopic (exact) mass is 232 g/mol. The van der Waals surface area contributed by atoms with Crippen molar-refractivity contribution in [2.45, 2.75) is 18.6 Å². The molecule has 0 aromatic carbocycles. The first-order valence-electron chi connectivity index (χ1n) is 5.08. The Labute approximate surface area is 92.8 Å². The standard InChI is InChI=1S/C9H16N2O5/c12-7(9(14)15)4-11-8(13)3-6-5-16-2-1-10-6/h6-7,10,12H,1-5H2,(H,11,13)(H,14,15). The highest BCUT2D eigenvalue weighted by molar-refractivity contribution is 5.78. The lowest BCUT2D eigenvalue weighted by Gasteiger charge is -2.23. The quantitative estimate of drug-likeness (QED) is 0.433. The molecule has 1 amide bonds. The number of aliphatic hydroxyl groups is 1. The van der Waals surface area contributed by atoms with E-state index in [9.17, 15) is 9.59 Å². The van der Waals surface area contributed by atoms with Gasteiger partial charge < -0.3 is 25.6 Å². The Morgan fingerprint density at radius 2 is 2.31 bits per heavy atom. The molecule has 0 radical (unpaired) electrons. The van der Waals surface area contributed by atoms with Crippen LogP contribution in [0.25, 0.3) is 0 Å². The van der Waals surface area contributed by atoms with Crippen molar-refractivity contribution < 1.29 is 24.5 Å². The molecular weight excluding hydrogens is 216 g/mol. The first kappa shape index (κ1) is 12.9. The predicted octanol–water partition coefficient (Wildman–Crippen LogP) is -2.07. The van der Waals surface area contributed by atoms with Crippen LogP contribution in [0.15, 0.2) is 0 Å². The highest BCUT2D eigenvalue weighted by Gasteiger charge is 2.18. The number of aliphatic carboxylic acids is 1. The van der Waals surface area contributed by atoms with Crippen molar-refractivity contribution in [1.82, 2.24) is 10.6 Å². The van der Waals surface area contributed by atoms with Crippen LogP contribution in [0.5, 0.6) is 0 Å². The number of morpholine rings is 1. The Hall–Kier alpha value is -1.18. The van der Waals surface area contributed by atoms with E-state index in [2.05, 4.69) is 10.6 Å². The van der Waals surface area contributed by atoms with Gasteiger partial charge in [-0.3, -0.25) is 4.79 Å². The summed E-state index contributed by atoms with van der Waals surface area (Å²) in [6, 6.07) is -0.0456. The molecule has 92 valence electrons. The second-order valence-corrected chi connectivity index (χ2v) is 3.59. The molecule has 0 saturated carbocycles. The molecule has 2 unspecified atom stereocenters. The van der Waals surface area contributed by atoms with E-state index in [0.29, 0.717) is 19.8 Å². The van der Waals surface area contributed by atoms with Gasteiger partial charge in [-0.1, -0.05) is 0 Å². The van der Waals surface area contributed by atoms with Crippen molar-refractivity contribution in [3.05, 3.63) is 0 Å². The van der Waals surface area contributed by atoms with Crippen molar-refractivity contribution in [1.29, 1.82) is 0 Å². The summed E-state index contributed by atoms with van der Waals surface area (Å²) in [7, 11) is 0. The maximum absolute atomic E-state index is 11.3. The van der Waals surface area contributed by atoms with Crippen LogP contribution in [-0.4, -0.2) is 60.5 Å². The third-order valence-electron chi connectivity index (χ3n) is 2.21. The Morgan fingerprint density at radius 3 is 2.88 bits per heavy atom. The van der Waals surface area contributed by atoms with E-state index in [1.807, 2.05) is 0 Å². The van der Waals surface area contributed by atoms with Gasteiger partial charge in [-0.05, 0) is 0 Å². The fourth-order valence-corrected chi connectivity index (χ4v) is 1.34. The van der Waals surface area contributed by atoms with Crippen LogP contribution in [0.2, 0.25) is 0 Å². The maximum Gasteiger partial charge on any atom is 0.334 e. The van der Waals surface area contributed by atoms with Gasteiger partial charge in [-0.25, -0.2) is 4.79 Å². The molecule has 16 heavy (non-hydrogen) atoms. The summed E-state index contributed by atoms with van der Waals surface area (Å²) < 4.78 is 5.16. The van der Waals surface area contributed by atoms with Crippen molar-refractivity contribution in [2.75, 3.05) is 26.3 Å². The van der Waals surface area contributed by atoms with Gasteiger partial charge in [0.2, 0.25) is 5.91 Å². The zero-order valence-corrected chi connectivity index (χ0v) is 8.81. The van der Waals surface area contributed by atoms with Crippen LogP contribution in [0.3, 0.4) is 0 Å². The highest BCUT2D eigenvalue weighted by Crippen LogP contribution is 1.98. The van der Waals surface area contributed by atoms with E-state index >= 15 is 0 Å². The van der Waals surface area contributed by atoms with Crippen LogP contribution >= 0.6 is 0 Å². The third-order valence-corrected chi connectivity index (χ3v) is 2.21. The minimum absolute atomic E-state index is 0.0456. The number of hydrogen-bond acceptors (Lipinski definition) is 5. The topological polar surface area (TPSA) is 108 Å². The molecule has 0 spiro atoms. The molecule has 1 aliphatic rings. The fraction of sp³-hybridized carbons (Fsp3) is 0.778. The van der Waals surface area contributed by atoms with Crippen molar-refractivity contribution in [3.63, 3.8) is 0 Å². The average Bonchev–Trinajstić information content (AvgIpc) is 2.27. The lowest BCUT2D eigenvalue weighted by molar-refractivity contribution is -0.146. The van der Waals surface area contributed by atoms with E-state index in [1.165, 1.54) is 0 Å². The fourth-order valence-electron chi connectivity index (χ4n) is 1.34. The number of rotatable bonds is 5. The number of amides is 1. The number of aliphatic hydroxyl groups excluding tert-OH is 1. The summed E-state index contributed by atoms with van der Waals surface area (Å²) in [6.07, 6.45) is -1.34. The van der Waals surface area contributed by atoms with Crippen molar-refractivity contribution >= 4 is 11.9 Å². The van der Waals surface area contributed by atoms with Gasteiger partial charge in [0.25, 0.3) is 0 Å². The first-order valence-corrected chi connectivity index (χ1v) is 5.08. The molecule has 7 nitrogen and oxygen atoms in total. The van der Waals surface area contributed by atoms with Gasteiger partial charge >= 0.3 is 5.97 Å². The molecule has 2 atom stereocenters. The Bertz CT molecular complexity index is 252. The van der Waals surface area contributed by atoms with E-state index in [4.69, 9.17) is 14.9 Å². The van der Waals surface area contributed by atoms with E-state index in [0.717, 1.165) is 0 Å². The summed E-state index contributed by atoms with van der Waals surface area (Å²) in [4.78, 5) is 21.6. The Kier molecular flexibility index (Phi) is 5.17. The van der Waals surface area contributed by atoms with Crippen LogP contribution < -0.4 is 10.6 Å². The van der Waals surface area contributed by atoms with Crippen molar-refractivity contribution in [2.24, 2.45) is 0 Å². The summed E-state index contributed by atoms with van der Waals surface area (Å²) in [6.45, 7) is 1.53. The third kappa shape index (κ3) is 4.56. The van der Waals surface area contributed by atoms with Crippen molar-refractivity contribution in [3.8, 4) is 0 Å². The zero-order valence-electron chi connectivity index (χ0n) is 8.81. The van der Waals surface area contributed by atoms with Crippen LogP contribution in [0.1, 0.15) is 6.42 Å². The van der Waals surface area contributed by atoms with Gasteiger partial charge in [0, 0.05) is 19.0 Å². The van der Waals surface area contributed by atoms with Gasteiger partial charge in [-0.2, -0.15) is 0 Å². The molecule has 1 rings (SSSR count). The Balaban J connectivity index is 2.17. The van der Waals surface area contributed by atoms with Crippen LogP contribution in [0, 0.1) is 0 Å². The molecular formula is C9H16N2O5. The average molecular weight is 232 g/mol. The number of carbonyl (C=O) groups excluding carboxylic acids is 1. The largest absolute Gasteiger partial charge is 0.479 e. The number of hydrogen-bond donors (Lipinski definition) is 4. The second-order valence-electron chi connectivity index (χ2n) is 3.59. The molecule has 1 heterocycles. The number of carboxylic acid groups (broad SMARTS) is 1. The molecule has 1 fully saturated rings. The molecule has 0 bridgehead atoms. The normalized spacial score (nSPS) is 22.4. The second kappa shape index (κ2) is 6.41. The summed E-state index contributed by atoms with van der Waals surface area (Å²) in [5.74, 6) is -1.65. The molecule has 7 heteroatoms. The predicted molar refractivity (Wildman–Crippen MR) is 53.9 cm³/mol. The van der Waals surface area contributed by atoms with Gasteiger partial charge in [0.15, 0.2) is 6.10 Å². The highest BCUT2D eigenvalue weighted by atomic mass is 16.5. The SMILES string of the molecule is O=C(CC1COCCN1)NCC(O)C(=O)O. The van der Waals surface area contributed by atoms with Crippen LogP contribution in [0.4, 0.5) is 0 Å². The van der Waals surface area contributed by atoms with E-state index in [1.54, 1.807) is 0 Å². The number of carboxylic acids is 1. The summed E-state index contributed by atoms with van der Waals surface area (Å²) >= 11 is 0. The molecule has 0 aromatic heterocycles. The lowest BCUT2D eigenvalue weighted by atomic mass is 10.2. The molecule has 4 N–H and O–H groups in total. The maximum atomic E-state index is 11.3. The van der Waals surface area contributed by atoms with E-state index < -0.39 is 12.1 Å².